The molecule has 1 unspecified atom stereocenters. The second-order valence-corrected chi connectivity index (χ2v) is 23.9. The molecule has 1 heterocycles. The number of rotatable bonds is 58. The highest BCUT2D eigenvalue weighted by Gasteiger charge is 2.36. The van der Waals surface area contributed by atoms with Crippen LogP contribution in [0.2, 0.25) is 0 Å². The molecule has 1 aliphatic heterocycles. The largest absolute Gasteiger partial charge is 0.465 e. The molecule has 0 aromatic rings. The van der Waals surface area contributed by atoms with Crippen molar-refractivity contribution in [1.82, 2.24) is 0 Å². The van der Waals surface area contributed by atoms with Crippen molar-refractivity contribution in [2.24, 2.45) is 11.3 Å². The summed E-state index contributed by atoms with van der Waals surface area (Å²) in [6.45, 7) is 1.21. The number of carbonyl (C=O) groups is 2. The molecule has 0 spiro atoms. The maximum Gasteiger partial charge on any atom is 0.309 e. The van der Waals surface area contributed by atoms with E-state index in [4.69, 9.17) is 9.47 Å². The number of aliphatic hydroxyl groups is 2. The molecular weight excluding hydrogens is 901 g/mol. The predicted octanol–water partition coefficient (Wildman–Crippen LogP) is 21.1. The number of ether oxygens (including phenoxy) is 2. The quantitative estimate of drug-likeness (QED) is 0.0358. The number of allylic oxidation sites excluding steroid dienone is 2. The minimum Gasteiger partial charge on any atom is -0.465 e. The molecular formula is C67H128O6. The van der Waals surface area contributed by atoms with Crippen LogP contribution in [0.15, 0.2) is 12.2 Å². The van der Waals surface area contributed by atoms with E-state index in [0.29, 0.717) is 6.42 Å². The average Bonchev–Trinajstić information content (AvgIpc) is 3.46. The van der Waals surface area contributed by atoms with Crippen LogP contribution >= 0.6 is 0 Å². The van der Waals surface area contributed by atoms with Gasteiger partial charge in [0.05, 0.1) is 31.0 Å². The van der Waals surface area contributed by atoms with E-state index in [9.17, 15) is 19.8 Å². The van der Waals surface area contributed by atoms with Crippen molar-refractivity contribution in [2.45, 2.75) is 366 Å². The van der Waals surface area contributed by atoms with Gasteiger partial charge in [0.25, 0.3) is 0 Å². The van der Waals surface area contributed by atoms with Gasteiger partial charge >= 0.3 is 11.9 Å². The molecule has 0 saturated carbocycles. The third-order valence-electron chi connectivity index (χ3n) is 16.5. The molecule has 0 radical (unpaired) electrons. The Bertz CT molecular complexity index is 1150. The number of aliphatic hydroxyl groups excluding tert-OH is 2. The van der Waals surface area contributed by atoms with Gasteiger partial charge in [-0.2, -0.15) is 0 Å². The van der Waals surface area contributed by atoms with Gasteiger partial charge in [-0.1, -0.05) is 340 Å². The Morgan fingerprint density at radius 3 is 0.849 bits per heavy atom. The fourth-order valence-corrected chi connectivity index (χ4v) is 11.1. The van der Waals surface area contributed by atoms with Crippen LogP contribution in [0, 0.1) is 11.3 Å². The average molecular weight is 1030 g/mol. The zero-order chi connectivity index (χ0) is 52.5. The van der Waals surface area contributed by atoms with Gasteiger partial charge in [0.2, 0.25) is 0 Å². The highest BCUT2D eigenvalue weighted by atomic mass is 16.6. The van der Waals surface area contributed by atoms with Crippen molar-refractivity contribution in [3.8, 4) is 0 Å². The van der Waals surface area contributed by atoms with Gasteiger partial charge in [-0.15, -0.1) is 0 Å². The van der Waals surface area contributed by atoms with Crippen LogP contribution in [0.4, 0.5) is 0 Å². The van der Waals surface area contributed by atoms with Crippen molar-refractivity contribution >= 4 is 11.9 Å². The van der Waals surface area contributed by atoms with Gasteiger partial charge in [0.1, 0.15) is 13.2 Å². The Labute approximate surface area is 455 Å². The van der Waals surface area contributed by atoms with Gasteiger partial charge in [0, 0.05) is 0 Å². The van der Waals surface area contributed by atoms with E-state index in [1.54, 1.807) is 0 Å². The first kappa shape index (κ1) is 69.6. The number of unbranched alkanes of at least 4 members (excludes halogenated alkanes) is 52. The van der Waals surface area contributed by atoms with Gasteiger partial charge in [-0.25, -0.2) is 0 Å². The SMILES string of the molecule is CCCCCCCCCCCC/C=C/CCCCCCCCCCCCCCCCCCCCCCCCCCCCCCCCCCCCCCCCCCCCC1CC(=O)OCC(CO)(CO)COC1=O. The standard InChI is InChI=1S/C67H128O6/c1-2-3-4-5-6-7-8-9-10-11-12-13-14-15-16-17-18-19-20-21-22-23-24-25-26-27-28-29-30-31-32-33-34-35-36-37-38-39-40-41-42-43-44-45-46-47-48-49-50-51-52-53-54-55-56-57-58-64-59-65(70)72-62-67(60-68,61-69)63-73-66(64)71/h13-14,64,68-69H,2-12,15-63H2,1H3/b14-13+. The minimum absolute atomic E-state index is 0.00514. The first-order valence-corrected chi connectivity index (χ1v) is 33.3. The van der Waals surface area contributed by atoms with Crippen molar-refractivity contribution in [3.63, 3.8) is 0 Å². The summed E-state index contributed by atoms with van der Waals surface area (Å²) in [5.74, 6) is -1.40. The summed E-state index contributed by atoms with van der Waals surface area (Å²) < 4.78 is 10.6. The molecule has 0 aromatic carbocycles. The van der Waals surface area contributed by atoms with E-state index < -0.39 is 36.5 Å². The number of hydrogen-bond acceptors (Lipinski definition) is 6. The molecule has 0 amide bonds. The third-order valence-corrected chi connectivity index (χ3v) is 16.5. The van der Waals surface area contributed by atoms with E-state index in [1.807, 2.05) is 0 Å². The van der Waals surface area contributed by atoms with Crippen LogP contribution < -0.4 is 0 Å². The summed E-state index contributed by atoms with van der Waals surface area (Å²) >= 11 is 0. The molecule has 0 bridgehead atoms. The molecule has 0 aliphatic carbocycles. The molecule has 1 atom stereocenters. The first-order valence-electron chi connectivity index (χ1n) is 33.3. The molecule has 73 heavy (non-hydrogen) atoms. The molecule has 1 rings (SSSR count). The van der Waals surface area contributed by atoms with Crippen LogP contribution in [0.1, 0.15) is 366 Å². The lowest BCUT2D eigenvalue weighted by atomic mass is 9.92. The Hall–Kier alpha value is -1.40. The fourth-order valence-electron chi connectivity index (χ4n) is 11.1. The minimum atomic E-state index is -1.12. The van der Waals surface area contributed by atoms with Gasteiger partial charge in [-0.3, -0.25) is 9.59 Å². The van der Waals surface area contributed by atoms with Crippen LogP contribution in [0.3, 0.4) is 0 Å². The monoisotopic (exact) mass is 1030 g/mol. The van der Waals surface area contributed by atoms with E-state index in [1.165, 1.54) is 327 Å². The Morgan fingerprint density at radius 1 is 0.356 bits per heavy atom. The second-order valence-electron chi connectivity index (χ2n) is 23.9. The van der Waals surface area contributed by atoms with E-state index in [0.717, 1.165) is 19.3 Å². The predicted molar refractivity (Wildman–Crippen MR) is 315 cm³/mol. The lowest BCUT2D eigenvalue weighted by Crippen LogP contribution is -2.40. The zero-order valence-electron chi connectivity index (χ0n) is 49.2. The molecule has 2 N–H and O–H groups in total. The topological polar surface area (TPSA) is 93.1 Å². The van der Waals surface area contributed by atoms with Crippen molar-refractivity contribution in [3.05, 3.63) is 12.2 Å². The first-order chi connectivity index (χ1) is 36.1. The highest BCUT2D eigenvalue weighted by molar-refractivity contribution is 5.80. The van der Waals surface area contributed by atoms with E-state index in [2.05, 4.69) is 19.1 Å². The molecule has 6 heteroatoms. The molecule has 1 saturated heterocycles. The smallest absolute Gasteiger partial charge is 0.309 e. The summed E-state index contributed by atoms with van der Waals surface area (Å²) in [6.07, 6.45) is 81.6. The number of cyclic esters (lactones) is 2. The van der Waals surface area contributed by atoms with Gasteiger partial charge in [0.15, 0.2) is 0 Å². The Balaban J connectivity index is 1.67. The van der Waals surface area contributed by atoms with Crippen molar-refractivity contribution in [2.75, 3.05) is 26.4 Å². The maximum absolute atomic E-state index is 12.6. The lowest BCUT2D eigenvalue weighted by molar-refractivity contribution is -0.155. The van der Waals surface area contributed by atoms with E-state index in [-0.39, 0.29) is 19.6 Å². The van der Waals surface area contributed by atoms with Crippen LogP contribution in [-0.4, -0.2) is 48.6 Å². The van der Waals surface area contributed by atoms with Crippen LogP contribution in [0.5, 0.6) is 0 Å². The normalized spacial score (nSPS) is 15.2. The molecule has 432 valence electrons. The third kappa shape index (κ3) is 48.7. The molecule has 1 aliphatic rings. The molecule has 6 nitrogen and oxygen atoms in total. The summed E-state index contributed by atoms with van der Waals surface area (Å²) in [5, 5.41) is 19.2. The van der Waals surface area contributed by atoms with E-state index >= 15 is 0 Å². The molecule has 0 aromatic heterocycles. The van der Waals surface area contributed by atoms with Crippen molar-refractivity contribution in [1.29, 1.82) is 0 Å². The number of hydrogen-bond donors (Lipinski definition) is 2. The highest BCUT2D eigenvalue weighted by Crippen LogP contribution is 2.25. The van der Waals surface area contributed by atoms with Gasteiger partial charge in [-0.05, 0) is 32.1 Å². The van der Waals surface area contributed by atoms with Crippen LogP contribution in [0.25, 0.3) is 0 Å². The summed E-state index contributed by atoms with van der Waals surface area (Å²) in [7, 11) is 0. The zero-order valence-corrected chi connectivity index (χ0v) is 49.2. The number of carbonyl (C=O) groups excluding carboxylic acids is 2. The van der Waals surface area contributed by atoms with Gasteiger partial charge < -0.3 is 19.7 Å². The summed E-state index contributed by atoms with van der Waals surface area (Å²) in [4.78, 5) is 24.7. The second kappa shape index (κ2) is 56.8. The molecule has 1 fully saturated rings. The Morgan fingerprint density at radius 2 is 0.589 bits per heavy atom. The fraction of sp³-hybridized carbons (Fsp3) is 0.940. The summed E-state index contributed by atoms with van der Waals surface area (Å²) in [6, 6.07) is 0. The number of esters is 2. The van der Waals surface area contributed by atoms with Crippen molar-refractivity contribution < 1.29 is 29.3 Å². The van der Waals surface area contributed by atoms with Crippen LogP contribution in [-0.2, 0) is 19.1 Å². The lowest BCUT2D eigenvalue weighted by Gasteiger charge is -2.27. The Kier molecular flexibility index (Phi) is 54.2. The summed E-state index contributed by atoms with van der Waals surface area (Å²) in [5.41, 5.74) is -1.12. The maximum atomic E-state index is 12.6.